The number of aliphatic hydroxyl groups is 2. The summed E-state index contributed by atoms with van der Waals surface area (Å²) < 4.78 is 0. The first-order valence-electron chi connectivity index (χ1n) is 1.67. The van der Waals surface area contributed by atoms with E-state index in [1.807, 2.05) is 45.2 Å². The van der Waals surface area contributed by atoms with Crippen LogP contribution in [0.2, 0.25) is 0 Å². The monoisotopic (exact) mass is 472 g/mol. The fourth-order valence-electron chi connectivity index (χ4n) is 0. The summed E-state index contributed by atoms with van der Waals surface area (Å²) in [5, 5.41) is 15.2. The van der Waals surface area contributed by atoms with Gasteiger partial charge < -0.3 is 55.4 Å². The molecule has 2 nitrogen and oxygen atoms in total. The molecule has 0 saturated carbocycles. The molecular weight excluding hydrogens is 465 g/mol. The Morgan fingerprint density at radius 1 is 0.800 bits per heavy atom. The minimum atomic E-state index is -0.125. The topological polar surface area (TPSA) is 40.5 Å². The zero-order chi connectivity index (χ0) is 7.41. The van der Waals surface area contributed by atoms with Crippen molar-refractivity contribution in [2.75, 3.05) is 13.2 Å². The first-order valence-corrected chi connectivity index (χ1v) is 4.72. The maximum atomic E-state index is 7.62. The predicted molar refractivity (Wildman–Crippen MR) is 52.9 cm³/mol. The molecular formula is C4H10I2O2Zn2-2. The number of hydrogen-bond acceptors (Lipinski definition) is 2. The Hall–Kier alpha value is 2.63. The van der Waals surface area contributed by atoms with Crippen LogP contribution < -0.4 is 0 Å². The molecule has 0 fully saturated rings. The molecule has 58 valence electrons. The maximum Gasteiger partial charge on any atom is 0.0662 e. The van der Waals surface area contributed by atoms with Crippen molar-refractivity contribution < 1.29 is 49.2 Å². The standard InChI is InChI=1S/C2H6O2.2CH2I.2Zn/c3-1-2-4;2*1-2;;/h3-4H,1-2H2;2*1H2;;/q;2*-1;;. The van der Waals surface area contributed by atoms with Gasteiger partial charge in [-0.3, -0.25) is 9.86 Å². The number of rotatable bonds is 1. The molecule has 0 heterocycles. The molecule has 10 heavy (non-hydrogen) atoms. The second-order valence-corrected chi connectivity index (χ2v) is 0.447. The summed E-state index contributed by atoms with van der Waals surface area (Å²) >= 11 is 3.80. The van der Waals surface area contributed by atoms with E-state index in [1.165, 1.54) is 0 Å². The van der Waals surface area contributed by atoms with Crippen molar-refractivity contribution >= 4 is 45.2 Å². The van der Waals surface area contributed by atoms with Crippen molar-refractivity contribution in [3.8, 4) is 0 Å². The van der Waals surface area contributed by atoms with Crippen LogP contribution in [0.4, 0.5) is 0 Å². The fourth-order valence-corrected chi connectivity index (χ4v) is 0. The molecule has 0 amide bonds. The normalized spacial score (nSPS) is 4.20. The summed E-state index contributed by atoms with van der Waals surface area (Å²) in [6.45, 7) is -0.250. The smallest absolute Gasteiger partial charge is 0.0662 e. The molecule has 2 N–H and O–H groups in total. The van der Waals surface area contributed by atoms with Gasteiger partial charge in [-0.2, -0.15) is 0 Å². The first-order chi connectivity index (χ1) is 3.91. The molecule has 0 rings (SSSR count). The third-order valence-corrected chi connectivity index (χ3v) is 0.1000. The van der Waals surface area contributed by atoms with Crippen LogP contribution in [0.5, 0.6) is 0 Å². The molecule has 0 aromatic heterocycles. The van der Waals surface area contributed by atoms with E-state index in [0.717, 1.165) is 0 Å². The molecule has 0 spiro atoms. The van der Waals surface area contributed by atoms with E-state index in [9.17, 15) is 0 Å². The Labute approximate surface area is 116 Å². The minimum absolute atomic E-state index is 0. The molecule has 0 aromatic carbocycles. The average Bonchev–Trinajstić information content (AvgIpc) is 1.96. The molecule has 0 aliphatic heterocycles. The molecule has 0 radical (unpaired) electrons. The molecule has 0 atom stereocenters. The van der Waals surface area contributed by atoms with Gasteiger partial charge in [-0.25, -0.2) is 0 Å². The zero-order valence-corrected chi connectivity index (χ0v) is 16.1. The fraction of sp³-hybridized carbons (Fsp3) is 0.500. The third-order valence-electron chi connectivity index (χ3n) is 0.1000. The van der Waals surface area contributed by atoms with Gasteiger partial charge in [0.25, 0.3) is 0 Å². The maximum absolute atomic E-state index is 7.62. The Balaban J connectivity index is -0.0000000125. The SMILES string of the molecule is OCCO.[CH2-]I.[CH2-]I.[Zn].[Zn]. The van der Waals surface area contributed by atoms with Crippen LogP contribution in [0.3, 0.4) is 0 Å². The van der Waals surface area contributed by atoms with E-state index in [4.69, 9.17) is 10.2 Å². The first kappa shape index (κ1) is 29.3. The van der Waals surface area contributed by atoms with Gasteiger partial charge in [-0.15, -0.1) is 0 Å². The van der Waals surface area contributed by atoms with Gasteiger partial charge in [0.1, 0.15) is 0 Å². The van der Waals surface area contributed by atoms with Gasteiger partial charge in [0, 0.05) is 39.0 Å². The Morgan fingerprint density at radius 3 is 0.900 bits per heavy atom. The van der Waals surface area contributed by atoms with Crippen LogP contribution in [0, 0.1) is 9.86 Å². The van der Waals surface area contributed by atoms with Crippen LogP contribution in [0.1, 0.15) is 0 Å². The van der Waals surface area contributed by atoms with Gasteiger partial charge in [0.15, 0.2) is 0 Å². The summed E-state index contributed by atoms with van der Waals surface area (Å²) in [6.07, 6.45) is 0. The number of aliphatic hydroxyl groups excluding tert-OH is 2. The molecule has 6 heteroatoms. The Kier molecular flexibility index (Phi) is 180. The zero-order valence-electron chi connectivity index (χ0n) is 5.89. The molecule has 0 saturated heterocycles. The second kappa shape index (κ2) is 61.3. The minimum Gasteiger partial charge on any atom is -0.394 e. The van der Waals surface area contributed by atoms with Crippen molar-refractivity contribution in [2.24, 2.45) is 0 Å². The summed E-state index contributed by atoms with van der Waals surface area (Å²) in [6, 6.07) is 0. The molecule has 0 aromatic rings. The summed E-state index contributed by atoms with van der Waals surface area (Å²) in [7, 11) is 0. The predicted octanol–water partition coefficient (Wildman–Crippen LogP) is 1.39. The van der Waals surface area contributed by atoms with Gasteiger partial charge in [0.05, 0.1) is 13.2 Å². The van der Waals surface area contributed by atoms with Gasteiger partial charge in [0.2, 0.25) is 0 Å². The van der Waals surface area contributed by atoms with Crippen LogP contribution in [0.25, 0.3) is 0 Å². The van der Waals surface area contributed by atoms with Crippen molar-refractivity contribution in [3.63, 3.8) is 0 Å². The van der Waals surface area contributed by atoms with Crippen molar-refractivity contribution in [2.45, 2.75) is 0 Å². The Bertz CT molecular complexity index is 21.2. The van der Waals surface area contributed by atoms with E-state index in [2.05, 4.69) is 9.86 Å². The van der Waals surface area contributed by atoms with E-state index >= 15 is 0 Å². The van der Waals surface area contributed by atoms with E-state index in [-0.39, 0.29) is 52.2 Å². The van der Waals surface area contributed by atoms with Gasteiger partial charge >= 0.3 is 0 Å². The third kappa shape index (κ3) is 74.9. The van der Waals surface area contributed by atoms with Crippen molar-refractivity contribution in [1.29, 1.82) is 0 Å². The van der Waals surface area contributed by atoms with Gasteiger partial charge in [-0.1, -0.05) is 0 Å². The second-order valence-electron chi connectivity index (χ2n) is 0.447. The van der Waals surface area contributed by atoms with E-state index < -0.39 is 0 Å². The number of hydrogen-bond donors (Lipinski definition) is 2. The molecule has 0 aliphatic carbocycles. The van der Waals surface area contributed by atoms with E-state index in [1.54, 1.807) is 0 Å². The van der Waals surface area contributed by atoms with Crippen LogP contribution in [0.15, 0.2) is 0 Å². The van der Waals surface area contributed by atoms with E-state index in [0.29, 0.717) is 0 Å². The number of halogens is 2. The van der Waals surface area contributed by atoms with Crippen molar-refractivity contribution in [3.05, 3.63) is 9.86 Å². The summed E-state index contributed by atoms with van der Waals surface area (Å²) in [4.78, 5) is 6.44. The summed E-state index contributed by atoms with van der Waals surface area (Å²) in [5.41, 5.74) is 0. The molecule has 0 aliphatic rings. The van der Waals surface area contributed by atoms with Crippen LogP contribution in [-0.4, -0.2) is 23.4 Å². The average molecular weight is 475 g/mol. The quantitative estimate of drug-likeness (QED) is 0.343. The summed E-state index contributed by atoms with van der Waals surface area (Å²) in [5.74, 6) is 0. The van der Waals surface area contributed by atoms with Crippen LogP contribution in [-0.2, 0) is 39.0 Å². The van der Waals surface area contributed by atoms with Gasteiger partial charge in [-0.05, 0) is 0 Å². The van der Waals surface area contributed by atoms with Crippen molar-refractivity contribution in [1.82, 2.24) is 0 Å². The molecule has 0 bridgehead atoms. The molecule has 0 unspecified atom stereocenters. The van der Waals surface area contributed by atoms with Crippen LogP contribution >= 0.6 is 45.2 Å². The Morgan fingerprint density at radius 2 is 0.900 bits per heavy atom. The largest absolute Gasteiger partial charge is 0.394 e.